The van der Waals surface area contributed by atoms with Gasteiger partial charge in [-0.1, -0.05) is 39.0 Å². The number of aromatic nitrogens is 1. The predicted molar refractivity (Wildman–Crippen MR) is 79.2 cm³/mol. The van der Waals surface area contributed by atoms with Gasteiger partial charge in [-0.25, -0.2) is 4.98 Å². The van der Waals surface area contributed by atoms with E-state index in [0.717, 1.165) is 24.5 Å². The van der Waals surface area contributed by atoms with Crippen LogP contribution < -0.4 is 5.32 Å². The fourth-order valence-corrected chi connectivity index (χ4v) is 3.47. The van der Waals surface area contributed by atoms with Crippen LogP contribution in [0.15, 0.2) is 10.9 Å². The van der Waals surface area contributed by atoms with Gasteiger partial charge in [-0.05, 0) is 12.3 Å². The SMILES string of the molecule is CC(CC1CCCCC1)C(=O)NCCc1cscn1. The molecule has 0 radical (unpaired) electrons. The molecule has 1 N–H and O–H groups in total. The molecule has 4 heteroatoms. The van der Waals surface area contributed by atoms with Crippen LogP contribution in [0, 0.1) is 11.8 Å². The fraction of sp³-hybridized carbons (Fsp3) is 0.733. The number of carbonyl (C=O) groups is 1. The Balaban J connectivity index is 1.64. The molecule has 1 saturated carbocycles. The number of nitrogens with one attached hydrogen (secondary N) is 1. The molecule has 1 fully saturated rings. The molecule has 2 rings (SSSR count). The van der Waals surface area contributed by atoms with Crippen molar-refractivity contribution in [1.82, 2.24) is 10.3 Å². The highest BCUT2D eigenvalue weighted by atomic mass is 32.1. The average Bonchev–Trinajstić information content (AvgIpc) is 2.93. The average molecular weight is 280 g/mol. The molecule has 106 valence electrons. The lowest BCUT2D eigenvalue weighted by molar-refractivity contribution is -0.125. The van der Waals surface area contributed by atoms with E-state index in [2.05, 4.69) is 17.2 Å². The van der Waals surface area contributed by atoms with Crippen molar-refractivity contribution in [2.75, 3.05) is 6.54 Å². The van der Waals surface area contributed by atoms with Crippen molar-refractivity contribution in [2.45, 2.75) is 51.9 Å². The number of rotatable bonds is 6. The lowest BCUT2D eigenvalue weighted by Gasteiger charge is -2.24. The Morgan fingerprint density at radius 3 is 2.95 bits per heavy atom. The van der Waals surface area contributed by atoms with Crippen molar-refractivity contribution in [2.24, 2.45) is 11.8 Å². The molecule has 0 aliphatic heterocycles. The quantitative estimate of drug-likeness (QED) is 0.867. The van der Waals surface area contributed by atoms with Crippen LogP contribution in [0.4, 0.5) is 0 Å². The van der Waals surface area contributed by atoms with E-state index >= 15 is 0 Å². The molecule has 1 heterocycles. The molecule has 1 aliphatic rings. The Labute approximate surface area is 119 Å². The van der Waals surface area contributed by atoms with E-state index < -0.39 is 0 Å². The highest BCUT2D eigenvalue weighted by molar-refractivity contribution is 7.07. The molecule has 0 aromatic carbocycles. The normalized spacial score (nSPS) is 18.2. The Bertz CT molecular complexity index is 372. The first-order chi connectivity index (χ1) is 9.25. The van der Waals surface area contributed by atoms with Crippen LogP contribution in [0.2, 0.25) is 0 Å². The van der Waals surface area contributed by atoms with Gasteiger partial charge in [0.2, 0.25) is 5.91 Å². The van der Waals surface area contributed by atoms with Crippen LogP contribution in [0.25, 0.3) is 0 Å². The van der Waals surface area contributed by atoms with E-state index in [0.29, 0.717) is 6.54 Å². The minimum absolute atomic E-state index is 0.151. The van der Waals surface area contributed by atoms with E-state index in [1.54, 1.807) is 11.3 Å². The highest BCUT2D eigenvalue weighted by Gasteiger charge is 2.20. The maximum Gasteiger partial charge on any atom is 0.222 e. The lowest BCUT2D eigenvalue weighted by atomic mass is 9.83. The van der Waals surface area contributed by atoms with Gasteiger partial charge in [-0.15, -0.1) is 11.3 Å². The monoisotopic (exact) mass is 280 g/mol. The number of hydrogen-bond acceptors (Lipinski definition) is 3. The minimum atomic E-state index is 0.151. The number of amides is 1. The molecule has 1 atom stereocenters. The van der Waals surface area contributed by atoms with Gasteiger partial charge in [0.15, 0.2) is 0 Å². The van der Waals surface area contributed by atoms with Gasteiger partial charge in [0.25, 0.3) is 0 Å². The number of nitrogens with zero attached hydrogens (tertiary/aromatic N) is 1. The summed E-state index contributed by atoms with van der Waals surface area (Å²) in [7, 11) is 0. The second-order valence-corrected chi connectivity index (χ2v) is 6.38. The summed E-state index contributed by atoms with van der Waals surface area (Å²) < 4.78 is 0. The summed E-state index contributed by atoms with van der Waals surface area (Å²) in [4.78, 5) is 16.2. The van der Waals surface area contributed by atoms with Crippen LogP contribution in [-0.2, 0) is 11.2 Å². The summed E-state index contributed by atoms with van der Waals surface area (Å²) >= 11 is 1.60. The highest BCUT2D eigenvalue weighted by Crippen LogP contribution is 2.28. The Morgan fingerprint density at radius 1 is 1.47 bits per heavy atom. The molecular formula is C15H24N2OS. The van der Waals surface area contributed by atoms with Crippen molar-refractivity contribution >= 4 is 17.2 Å². The van der Waals surface area contributed by atoms with E-state index in [-0.39, 0.29) is 11.8 Å². The van der Waals surface area contributed by atoms with Gasteiger partial charge in [0.05, 0.1) is 11.2 Å². The molecule has 1 aliphatic carbocycles. The van der Waals surface area contributed by atoms with Crippen LogP contribution in [-0.4, -0.2) is 17.4 Å². The maximum absolute atomic E-state index is 12.0. The summed E-state index contributed by atoms with van der Waals surface area (Å²) in [5.74, 6) is 1.13. The van der Waals surface area contributed by atoms with Crippen LogP contribution in [0.3, 0.4) is 0 Å². The molecule has 3 nitrogen and oxygen atoms in total. The first kappa shape index (κ1) is 14.5. The predicted octanol–water partition coefficient (Wildman–Crippen LogP) is 3.41. The van der Waals surface area contributed by atoms with E-state index in [4.69, 9.17) is 0 Å². The summed E-state index contributed by atoms with van der Waals surface area (Å²) in [6.45, 7) is 2.77. The molecule has 1 aromatic heterocycles. The Hall–Kier alpha value is -0.900. The molecule has 0 spiro atoms. The van der Waals surface area contributed by atoms with Crippen molar-refractivity contribution in [3.8, 4) is 0 Å². The Morgan fingerprint density at radius 2 is 2.26 bits per heavy atom. The summed E-state index contributed by atoms with van der Waals surface area (Å²) in [5, 5.41) is 5.08. The largest absolute Gasteiger partial charge is 0.355 e. The van der Waals surface area contributed by atoms with Gasteiger partial charge < -0.3 is 5.32 Å². The zero-order valence-electron chi connectivity index (χ0n) is 11.7. The maximum atomic E-state index is 12.0. The fourth-order valence-electron chi connectivity index (χ4n) is 2.88. The van der Waals surface area contributed by atoms with Crippen LogP contribution >= 0.6 is 11.3 Å². The topological polar surface area (TPSA) is 42.0 Å². The third-order valence-corrected chi connectivity index (χ3v) is 4.66. The van der Waals surface area contributed by atoms with Gasteiger partial charge >= 0.3 is 0 Å². The summed E-state index contributed by atoms with van der Waals surface area (Å²) in [5.41, 5.74) is 2.91. The van der Waals surface area contributed by atoms with Crippen molar-refractivity contribution < 1.29 is 4.79 Å². The van der Waals surface area contributed by atoms with Crippen molar-refractivity contribution in [1.29, 1.82) is 0 Å². The number of thiazole rings is 1. The van der Waals surface area contributed by atoms with E-state index in [1.807, 2.05) is 10.9 Å². The molecule has 1 amide bonds. The molecule has 1 unspecified atom stereocenters. The molecule has 0 saturated heterocycles. The zero-order chi connectivity index (χ0) is 13.5. The van der Waals surface area contributed by atoms with Crippen molar-refractivity contribution in [3.63, 3.8) is 0 Å². The first-order valence-corrected chi connectivity index (χ1v) is 8.34. The third kappa shape index (κ3) is 4.94. The van der Waals surface area contributed by atoms with Gasteiger partial charge in [0, 0.05) is 24.3 Å². The van der Waals surface area contributed by atoms with Crippen LogP contribution in [0.1, 0.15) is 51.1 Å². The lowest BCUT2D eigenvalue weighted by Crippen LogP contribution is -2.32. The summed E-state index contributed by atoms with van der Waals surface area (Å²) in [6.07, 6.45) is 8.61. The van der Waals surface area contributed by atoms with E-state index in [1.165, 1.54) is 32.1 Å². The first-order valence-electron chi connectivity index (χ1n) is 7.40. The van der Waals surface area contributed by atoms with Gasteiger partial charge in [-0.2, -0.15) is 0 Å². The van der Waals surface area contributed by atoms with Gasteiger partial charge in [0.1, 0.15) is 0 Å². The molecule has 19 heavy (non-hydrogen) atoms. The smallest absolute Gasteiger partial charge is 0.222 e. The minimum Gasteiger partial charge on any atom is -0.355 e. The Kier molecular flexibility index (Phi) is 5.83. The molecule has 1 aromatic rings. The zero-order valence-corrected chi connectivity index (χ0v) is 12.5. The summed E-state index contributed by atoms with van der Waals surface area (Å²) in [6, 6.07) is 0. The van der Waals surface area contributed by atoms with Gasteiger partial charge in [-0.3, -0.25) is 4.79 Å². The second-order valence-electron chi connectivity index (χ2n) is 5.66. The van der Waals surface area contributed by atoms with E-state index in [9.17, 15) is 4.79 Å². The molecule has 0 bridgehead atoms. The third-order valence-electron chi connectivity index (χ3n) is 4.02. The van der Waals surface area contributed by atoms with Crippen LogP contribution in [0.5, 0.6) is 0 Å². The standard InChI is InChI=1S/C15H24N2OS/c1-12(9-13-5-3-2-4-6-13)15(18)16-8-7-14-10-19-11-17-14/h10-13H,2-9H2,1H3,(H,16,18). The number of hydrogen-bond donors (Lipinski definition) is 1. The van der Waals surface area contributed by atoms with Crippen molar-refractivity contribution in [3.05, 3.63) is 16.6 Å². The number of carbonyl (C=O) groups excluding carboxylic acids is 1. The second kappa shape index (κ2) is 7.63. The molecular weight excluding hydrogens is 256 g/mol.